The first kappa shape index (κ1) is 21.9. The summed E-state index contributed by atoms with van der Waals surface area (Å²) in [4.78, 5) is 30.6. The fourth-order valence-electron chi connectivity index (χ4n) is 3.03. The van der Waals surface area contributed by atoms with E-state index in [2.05, 4.69) is 5.32 Å². The van der Waals surface area contributed by atoms with Gasteiger partial charge in [-0.3, -0.25) is 14.2 Å². The second kappa shape index (κ2) is 8.92. The zero-order valence-corrected chi connectivity index (χ0v) is 18.8. The Hall–Kier alpha value is -2.80. The van der Waals surface area contributed by atoms with E-state index in [9.17, 15) is 9.59 Å². The molecule has 1 amide bonds. The predicted molar refractivity (Wildman–Crippen MR) is 122 cm³/mol. The van der Waals surface area contributed by atoms with Crippen LogP contribution in [0, 0.1) is 6.92 Å². The van der Waals surface area contributed by atoms with Gasteiger partial charge in [0.15, 0.2) is 5.16 Å². The van der Waals surface area contributed by atoms with Crippen LogP contribution in [-0.2, 0) is 4.79 Å². The summed E-state index contributed by atoms with van der Waals surface area (Å²) < 4.78 is 7.05. The molecular formula is C23H27N3O3S. The molecule has 0 saturated heterocycles. The summed E-state index contributed by atoms with van der Waals surface area (Å²) in [6.07, 6.45) is 0.822. The number of rotatable bonds is 7. The van der Waals surface area contributed by atoms with Crippen molar-refractivity contribution in [3.63, 3.8) is 0 Å². The van der Waals surface area contributed by atoms with Gasteiger partial charge in [0, 0.05) is 5.54 Å². The molecule has 1 aromatic heterocycles. The van der Waals surface area contributed by atoms with E-state index in [1.54, 1.807) is 19.2 Å². The van der Waals surface area contributed by atoms with Crippen molar-refractivity contribution in [2.75, 3.05) is 12.9 Å². The van der Waals surface area contributed by atoms with Gasteiger partial charge in [-0.1, -0.05) is 36.9 Å². The Morgan fingerprint density at radius 1 is 1.23 bits per heavy atom. The van der Waals surface area contributed by atoms with E-state index in [0.29, 0.717) is 27.5 Å². The summed E-state index contributed by atoms with van der Waals surface area (Å²) >= 11 is 1.24. The van der Waals surface area contributed by atoms with Gasteiger partial charge in [-0.05, 0) is 57.0 Å². The number of ether oxygens (including phenoxy) is 1. The SMILES string of the molecule is CCC(C)(C)NC(=O)CSc1nc2ccccc2c(=O)n1-c1cc(C)ccc1OC. The van der Waals surface area contributed by atoms with Crippen molar-refractivity contribution in [1.82, 2.24) is 14.9 Å². The molecule has 0 aliphatic carbocycles. The van der Waals surface area contributed by atoms with Crippen molar-refractivity contribution >= 4 is 28.6 Å². The molecule has 0 saturated carbocycles. The van der Waals surface area contributed by atoms with E-state index in [4.69, 9.17) is 9.72 Å². The Balaban J connectivity index is 2.10. The second-order valence-corrected chi connectivity index (χ2v) is 8.74. The van der Waals surface area contributed by atoms with Crippen molar-refractivity contribution in [3.05, 3.63) is 58.4 Å². The summed E-state index contributed by atoms with van der Waals surface area (Å²) in [7, 11) is 1.57. The average molecular weight is 426 g/mol. The van der Waals surface area contributed by atoms with Gasteiger partial charge in [0.1, 0.15) is 5.75 Å². The third kappa shape index (κ3) is 4.67. The molecule has 6 nitrogen and oxygen atoms in total. The second-order valence-electron chi connectivity index (χ2n) is 7.80. The maximum absolute atomic E-state index is 13.4. The number of hydrogen-bond donors (Lipinski definition) is 1. The number of nitrogens with one attached hydrogen (secondary N) is 1. The maximum atomic E-state index is 13.4. The average Bonchev–Trinajstić information content (AvgIpc) is 2.72. The van der Waals surface area contributed by atoms with Gasteiger partial charge in [-0.25, -0.2) is 4.98 Å². The Morgan fingerprint density at radius 3 is 2.67 bits per heavy atom. The van der Waals surface area contributed by atoms with Crippen molar-refractivity contribution < 1.29 is 9.53 Å². The summed E-state index contributed by atoms with van der Waals surface area (Å²) in [6.45, 7) is 7.95. The topological polar surface area (TPSA) is 73.2 Å². The Morgan fingerprint density at radius 2 is 1.97 bits per heavy atom. The van der Waals surface area contributed by atoms with Crippen LogP contribution in [0.15, 0.2) is 52.4 Å². The molecular weight excluding hydrogens is 398 g/mol. The highest BCUT2D eigenvalue weighted by Gasteiger charge is 2.20. The summed E-state index contributed by atoms with van der Waals surface area (Å²) in [5.41, 5.74) is 1.72. The molecule has 0 unspecified atom stereocenters. The number of carbonyl (C=O) groups excluding carboxylic acids is 1. The monoisotopic (exact) mass is 425 g/mol. The van der Waals surface area contributed by atoms with Gasteiger partial charge >= 0.3 is 0 Å². The molecule has 1 N–H and O–H groups in total. The smallest absolute Gasteiger partial charge is 0.266 e. The van der Waals surface area contributed by atoms with E-state index < -0.39 is 0 Å². The van der Waals surface area contributed by atoms with Crippen LogP contribution < -0.4 is 15.6 Å². The number of benzene rings is 2. The lowest BCUT2D eigenvalue weighted by molar-refractivity contribution is -0.120. The van der Waals surface area contributed by atoms with Crippen LogP contribution >= 0.6 is 11.8 Å². The van der Waals surface area contributed by atoms with Gasteiger partial charge in [-0.15, -0.1) is 0 Å². The molecule has 7 heteroatoms. The molecule has 0 atom stereocenters. The molecule has 3 aromatic rings. The number of hydrogen-bond acceptors (Lipinski definition) is 5. The number of fused-ring (bicyclic) bond motifs is 1. The van der Waals surface area contributed by atoms with Crippen molar-refractivity contribution in [2.24, 2.45) is 0 Å². The zero-order valence-electron chi connectivity index (χ0n) is 18.0. The Kier molecular flexibility index (Phi) is 6.51. The van der Waals surface area contributed by atoms with Gasteiger partial charge in [0.2, 0.25) is 5.91 Å². The summed E-state index contributed by atoms with van der Waals surface area (Å²) in [5, 5.41) is 3.99. The summed E-state index contributed by atoms with van der Waals surface area (Å²) in [6, 6.07) is 12.9. The quantitative estimate of drug-likeness (QED) is 0.456. The van der Waals surface area contributed by atoms with E-state index in [0.717, 1.165) is 12.0 Å². The van der Waals surface area contributed by atoms with Crippen LogP contribution in [0.2, 0.25) is 0 Å². The van der Waals surface area contributed by atoms with Gasteiger partial charge in [-0.2, -0.15) is 0 Å². The number of thioether (sulfide) groups is 1. The van der Waals surface area contributed by atoms with Gasteiger partial charge in [0.25, 0.3) is 5.56 Å². The molecule has 1 heterocycles. The predicted octanol–water partition coefficient (Wildman–Crippen LogP) is 4.10. The molecule has 2 aromatic carbocycles. The zero-order chi connectivity index (χ0) is 21.9. The minimum absolute atomic E-state index is 0.1000. The lowest BCUT2D eigenvalue weighted by Crippen LogP contribution is -2.43. The minimum Gasteiger partial charge on any atom is -0.495 e. The van der Waals surface area contributed by atoms with Crippen molar-refractivity contribution in [3.8, 4) is 11.4 Å². The lowest BCUT2D eigenvalue weighted by atomic mass is 10.0. The first-order valence-electron chi connectivity index (χ1n) is 9.86. The molecule has 0 aliphatic rings. The van der Waals surface area contributed by atoms with Crippen LogP contribution in [0.25, 0.3) is 16.6 Å². The molecule has 0 fully saturated rings. The normalized spacial score (nSPS) is 11.5. The Bertz CT molecular complexity index is 1140. The highest BCUT2D eigenvalue weighted by atomic mass is 32.2. The molecule has 0 aliphatic heterocycles. The standard InChI is InChI=1S/C23H27N3O3S/c1-6-23(3,4)25-20(27)14-30-22-24-17-10-8-7-9-16(17)21(28)26(22)18-13-15(2)11-12-19(18)29-5/h7-13H,6,14H2,1-5H3,(H,25,27). The van der Waals surface area contributed by atoms with Gasteiger partial charge < -0.3 is 10.1 Å². The number of aryl methyl sites for hydroxylation is 1. The maximum Gasteiger partial charge on any atom is 0.266 e. The highest BCUT2D eigenvalue weighted by Crippen LogP contribution is 2.28. The van der Waals surface area contributed by atoms with Crippen LogP contribution in [0.5, 0.6) is 5.75 Å². The van der Waals surface area contributed by atoms with E-state index in [1.165, 1.54) is 16.3 Å². The van der Waals surface area contributed by atoms with Crippen molar-refractivity contribution in [2.45, 2.75) is 44.8 Å². The number of methoxy groups -OCH3 is 1. The van der Waals surface area contributed by atoms with Crippen LogP contribution in [0.1, 0.15) is 32.8 Å². The van der Waals surface area contributed by atoms with E-state index in [1.807, 2.05) is 58.0 Å². The number of carbonyl (C=O) groups is 1. The molecule has 30 heavy (non-hydrogen) atoms. The molecule has 158 valence electrons. The van der Waals surface area contributed by atoms with Gasteiger partial charge in [0.05, 0.1) is 29.5 Å². The number of nitrogens with zero attached hydrogens (tertiary/aromatic N) is 2. The Labute approximate surface area is 180 Å². The first-order chi connectivity index (χ1) is 14.3. The van der Waals surface area contributed by atoms with Crippen LogP contribution in [0.3, 0.4) is 0 Å². The van der Waals surface area contributed by atoms with E-state index >= 15 is 0 Å². The number of amides is 1. The van der Waals surface area contributed by atoms with Crippen molar-refractivity contribution in [1.29, 1.82) is 0 Å². The molecule has 0 spiro atoms. The van der Waals surface area contributed by atoms with Crippen LogP contribution in [0.4, 0.5) is 0 Å². The fraction of sp³-hybridized carbons (Fsp3) is 0.348. The third-order valence-electron chi connectivity index (χ3n) is 5.01. The molecule has 3 rings (SSSR count). The lowest BCUT2D eigenvalue weighted by Gasteiger charge is -2.24. The third-order valence-corrected chi connectivity index (χ3v) is 5.95. The number of aromatic nitrogens is 2. The highest BCUT2D eigenvalue weighted by molar-refractivity contribution is 7.99. The van der Waals surface area contributed by atoms with E-state index in [-0.39, 0.29) is 22.8 Å². The minimum atomic E-state index is -0.284. The fourth-order valence-corrected chi connectivity index (χ4v) is 3.83. The summed E-state index contributed by atoms with van der Waals surface area (Å²) in [5.74, 6) is 0.623. The molecule has 0 radical (unpaired) electrons. The number of para-hydroxylation sites is 1. The molecule has 0 bridgehead atoms. The first-order valence-corrected chi connectivity index (χ1v) is 10.8. The van der Waals surface area contributed by atoms with Crippen LogP contribution in [-0.4, -0.2) is 33.9 Å². The largest absolute Gasteiger partial charge is 0.495 e.